The number of phenols is 1. The first-order chi connectivity index (χ1) is 47.2. The Bertz CT molecular complexity index is 4720. The second kappa shape index (κ2) is 27.6. The summed E-state index contributed by atoms with van der Waals surface area (Å²) in [6, 6.07) is 10.6. The first-order valence-electron chi connectivity index (χ1n) is 33.6. The van der Waals surface area contributed by atoms with Crippen LogP contribution in [0.1, 0.15) is 110 Å². The van der Waals surface area contributed by atoms with Crippen LogP contribution in [0.5, 0.6) is 11.5 Å². The zero-order valence-corrected chi connectivity index (χ0v) is 59.2. The summed E-state index contributed by atoms with van der Waals surface area (Å²) < 4.78 is 112. The molecular formula is C75H85F6N11O8. The Balaban J connectivity index is 0.000000204. The number of carbonyl (C=O) groups excluding carboxylic acids is 3. The Morgan fingerprint density at radius 3 is 1.52 bits per heavy atom. The maximum Gasteiger partial charge on any atom is 0.410 e. The number of phenolic OH excluding ortho intramolecular Hbond substituents is 1. The lowest BCUT2D eigenvalue weighted by atomic mass is 9.89. The summed E-state index contributed by atoms with van der Waals surface area (Å²) in [5.74, 6) is -8.27. The molecule has 25 heteroatoms. The Kier molecular flexibility index (Phi) is 19.8. The molecule has 0 saturated carbocycles. The van der Waals surface area contributed by atoms with Gasteiger partial charge in [-0.15, -0.1) is 0 Å². The first kappa shape index (κ1) is 71.8. The normalized spacial score (nSPS) is 17.7. The number of halogens is 6. The summed E-state index contributed by atoms with van der Waals surface area (Å²) in [4.78, 5) is 93.4. The quantitative estimate of drug-likeness (QED) is 0.108. The van der Waals surface area contributed by atoms with Crippen LogP contribution in [-0.4, -0.2) is 162 Å². The van der Waals surface area contributed by atoms with Crippen LogP contribution < -0.4 is 35.5 Å². The number of rotatable bonds is 13. The van der Waals surface area contributed by atoms with Gasteiger partial charge in [0.05, 0.1) is 81.1 Å². The topological polar surface area (TPSA) is 182 Å². The fraction of sp³-hybridized carbons (Fsp3) is 0.427. The molecule has 100 heavy (non-hydrogen) atoms. The smallest absolute Gasteiger partial charge is 0.410 e. The molecule has 0 aliphatic carbocycles. The number of aromatic hydroxyl groups is 1. The van der Waals surface area contributed by atoms with E-state index >= 15 is 35.9 Å². The molecule has 12 rings (SSSR count). The molecule has 0 spiro atoms. The molecule has 4 aromatic heterocycles. The summed E-state index contributed by atoms with van der Waals surface area (Å²) in [6.45, 7) is 21.5. The van der Waals surface area contributed by atoms with Crippen LogP contribution in [0.15, 0.2) is 82.6 Å². The third kappa shape index (κ3) is 12.5. The van der Waals surface area contributed by atoms with Gasteiger partial charge in [0.1, 0.15) is 63.8 Å². The van der Waals surface area contributed by atoms with Gasteiger partial charge in [-0.25, -0.2) is 31.1 Å². The standard InChI is InChI=1S/C40H47F3N6O5.C35H38F3N5O3/c1-21(2)32-33(22(3)14-15-44-32)49-34-24(18-26(42)30(31(34)43)29-25(41)12-11-13-28(29)53-10)35-36(38(49)51)46(17-16-45(8)9)37(50)27-20-47(23(4)19-48(27)35)39(52)54-40(5,6)7;1-18(2)29-30(20(4)12-13-39-29)43-31-21(16-23(37)27(28(31)38)26-22(36)8-7-9-25(26)44)32-33(35(43)46)41(15-14-40(5)6)34(45)24-11-10-19(3)17-42(24)32/h11-15,18,21,23,27H,16-17,19-20H2,1-10H3;7-9,12-13,16,18-19,24,44H,10-11,14-15,17H2,1-6H3/t23-,27-;19-,24+/m10/s1. The summed E-state index contributed by atoms with van der Waals surface area (Å²) in [5, 5.41) is 10.7. The van der Waals surface area contributed by atoms with E-state index in [0.29, 0.717) is 54.3 Å². The third-order valence-corrected chi connectivity index (χ3v) is 19.1. The lowest BCUT2D eigenvalue weighted by molar-refractivity contribution is -0.122. The zero-order valence-electron chi connectivity index (χ0n) is 59.2. The van der Waals surface area contributed by atoms with Gasteiger partial charge in [-0.2, -0.15) is 0 Å². The lowest BCUT2D eigenvalue weighted by Crippen LogP contribution is -2.67. The Morgan fingerprint density at radius 1 is 0.600 bits per heavy atom. The molecule has 0 bridgehead atoms. The first-order valence-corrected chi connectivity index (χ1v) is 33.6. The summed E-state index contributed by atoms with van der Waals surface area (Å²) in [7, 11) is 8.64. The van der Waals surface area contributed by atoms with E-state index in [-0.39, 0.29) is 106 Å². The van der Waals surface area contributed by atoms with Crippen molar-refractivity contribution in [3.63, 3.8) is 0 Å². The molecule has 530 valence electrons. The van der Waals surface area contributed by atoms with Crippen LogP contribution in [-0.2, 0) is 14.3 Å². The number of piperazine rings is 1. The molecule has 8 heterocycles. The van der Waals surface area contributed by atoms with Gasteiger partial charge in [0.25, 0.3) is 17.0 Å². The molecule has 4 atom stereocenters. The van der Waals surface area contributed by atoms with Gasteiger partial charge in [-0.1, -0.05) is 46.8 Å². The van der Waals surface area contributed by atoms with Crippen molar-refractivity contribution < 1.29 is 55.3 Å². The number of aryl methyl sites for hydroxylation is 2. The van der Waals surface area contributed by atoms with Crippen LogP contribution in [0.4, 0.5) is 53.9 Å². The number of pyridine rings is 4. The van der Waals surface area contributed by atoms with Gasteiger partial charge in [0.2, 0.25) is 5.91 Å². The maximum atomic E-state index is 17.7. The van der Waals surface area contributed by atoms with Crippen LogP contribution in [0, 0.1) is 54.7 Å². The van der Waals surface area contributed by atoms with Crippen LogP contribution in [0.25, 0.3) is 55.4 Å². The fourth-order valence-electron chi connectivity index (χ4n) is 14.4. The van der Waals surface area contributed by atoms with E-state index in [1.807, 2.05) is 77.5 Å². The molecule has 19 nitrogen and oxygen atoms in total. The number of amides is 3. The molecule has 0 unspecified atom stereocenters. The van der Waals surface area contributed by atoms with Gasteiger partial charge in [-0.05, 0) is 160 Å². The molecule has 0 radical (unpaired) electrons. The molecule has 4 aromatic carbocycles. The van der Waals surface area contributed by atoms with Crippen LogP contribution >= 0.6 is 0 Å². The van der Waals surface area contributed by atoms with Crippen molar-refractivity contribution >= 4 is 62.5 Å². The van der Waals surface area contributed by atoms with Crippen molar-refractivity contribution in [1.29, 1.82) is 0 Å². The van der Waals surface area contributed by atoms with E-state index in [2.05, 4.69) is 9.97 Å². The highest BCUT2D eigenvalue weighted by molar-refractivity contribution is 6.14. The minimum absolute atomic E-state index is 0.0121. The molecule has 3 amide bonds. The van der Waals surface area contributed by atoms with E-state index in [1.165, 1.54) is 44.6 Å². The number of fused-ring (bicyclic) bond motifs is 10. The number of benzene rings is 4. The molecule has 2 fully saturated rings. The maximum absolute atomic E-state index is 17.7. The number of methoxy groups -OCH3 is 1. The second-order valence-corrected chi connectivity index (χ2v) is 28.6. The number of ether oxygens (including phenoxy) is 2. The average molecular weight is 1380 g/mol. The highest BCUT2D eigenvalue weighted by atomic mass is 19.2. The zero-order chi connectivity index (χ0) is 72.7. The highest BCUT2D eigenvalue weighted by Crippen LogP contribution is 2.50. The Hall–Kier alpha value is -9.49. The molecule has 8 aromatic rings. The fourth-order valence-corrected chi connectivity index (χ4v) is 14.4. The largest absolute Gasteiger partial charge is 0.507 e. The van der Waals surface area contributed by atoms with E-state index in [0.717, 1.165) is 41.3 Å². The summed E-state index contributed by atoms with van der Waals surface area (Å²) in [6.07, 6.45) is 3.89. The van der Waals surface area contributed by atoms with Crippen molar-refractivity contribution in [2.45, 2.75) is 125 Å². The monoisotopic (exact) mass is 1380 g/mol. The predicted octanol–water partition coefficient (Wildman–Crippen LogP) is 12.8. The number of hydrogen-bond acceptors (Lipinski definition) is 14. The van der Waals surface area contributed by atoms with Crippen molar-refractivity contribution in [3.05, 3.63) is 151 Å². The Morgan fingerprint density at radius 2 is 1.06 bits per heavy atom. The van der Waals surface area contributed by atoms with E-state index in [4.69, 9.17) is 9.47 Å². The molecule has 2 saturated heterocycles. The van der Waals surface area contributed by atoms with Gasteiger partial charge >= 0.3 is 6.09 Å². The molecule has 4 aliphatic heterocycles. The average Bonchev–Trinajstić information content (AvgIpc) is 0.705. The van der Waals surface area contributed by atoms with E-state index in [1.54, 1.807) is 71.0 Å². The van der Waals surface area contributed by atoms with Gasteiger partial charge in [-0.3, -0.25) is 38.3 Å². The highest BCUT2D eigenvalue weighted by Gasteiger charge is 2.50. The lowest BCUT2D eigenvalue weighted by Gasteiger charge is -2.50. The number of likely N-dealkylation sites (N-methyl/N-ethyl adjacent to an activating group) is 2. The number of anilines is 4. The SMILES string of the molecule is COc1cccc(F)c1-c1c(F)cc2c3c(c(=O)n(-c4c(C)ccnc4C(C)C)c2c1F)N(CCN(C)C)C(=O)[C@H]1CN(C(=O)OC(C)(C)C)[C@H](C)CN31.Cc1ccnc(C(C)C)c1-n1c(=O)c2c(c3cc(F)c(-c4c(O)cccc4F)c(F)c31)N1C[C@@H](C)CC[C@@H]1C(=O)N2CCN(C)C. The molecule has 4 aliphatic rings. The van der Waals surface area contributed by atoms with Crippen molar-refractivity contribution in [2.24, 2.45) is 5.92 Å². The third-order valence-electron chi connectivity index (χ3n) is 19.1. The number of nitrogens with zero attached hydrogens (tertiary/aromatic N) is 11. The number of carbonyl (C=O) groups is 3. The Labute approximate surface area is 576 Å². The molecular weight excluding hydrogens is 1300 g/mol. The number of hydrogen-bond donors (Lipinski definition) is 1. The second-order valence-electron chi connectivity index (χ2n) is 28.6. The predicted molar refractivity (Wildman–Crippen MR) is 376 cm³/mol. The number of aromatic nitrogens is 4. The van der Waals surface area contributed by atoms with Gasteiger partial charge in [0, 0.05) is 68.5 Å². The van der Waals surface area contributed by atoms with Crippen molar-refractivity contribution in [1.82, 2.24) is 33.8 Å². The van der Waals surface area contributed by atoms with Crippen molar-refractivity contribution in [3.8, 4) is 45.1 Å². The van der Waals surface area contributed by atoms with Gasteiger partial charge < -0.3 is 48.9 Å². The van der Waals surface area contributed by atoms with Gasteiger partial charge in [0.15, 0.2) is 11.6 Å². The van der Waals surface area contributed by atoms with Crippen LogP contribution in [0.2, 0.25) is 0 Å². The number of piperidine rings is 1. The minimum atomic E-state index is -1.20. The van der Waals surface area contributed by atoms with Crippen LogP contribution in [0.3, 0.4) is 0 Å². The van der Waals surface area contributed by atoms with E-state index in [9.17, 15) is 19.5 Å². The summed E-state index contributed by atoms with van der Waals surface area (Å²) in [5.41, 5.74) is -2.27. The van der Waals surface area contributed by atoms with Crippen molar-refractivity contribution in [2.75, 3.05) is 101 Å². The van der Waals surface area contributed by atoms with E-state index < -0.39 is 110 Å². The minimum Gasteiger partial charge on any atom is -0.507 e. The molecule has 1 N–H and O–H groups in total. The summed E-state index contributed by atoms with van der Waals surface area (Å²) >= 11 is 0.